The first-order valence-electron chi connectivity index (χ1n) is 6.85. The molecular formula is C18H16N2O. The molecule has 3 rings (SSSR count). The average Bonchev–Trinajstić information content (AvgIpc) is 2.49. The van der Waals surface area contributed by atoms with Crippen LogP contribution in [0.2, 0.25) is 0 Å². The minimum absolute atomic E-state index is 0.188. The fourth-order valence-corrected chi connectivity index (χ4v) is 2.41. The van der Waals surface area contributed by atoms with Crippen molar-refractivity contribution >= 4 is 22.1 Å². The zero-order chi connectivity index (χ0) is 14.8. The Labute approximate surface area is 123 Å². The Morgan fingerprint density at radius 1 is 0.762 bits per heavy atom. The number of rotatable bonds is 2. The molecule has 104 valence electrons. The molecule has 0 aromatic heterocycles. The Bertz CT molecular complexity index is 823. The van der Waals surface area contributed by atoms with E-state index in [2.05, 4.69) is 10.2 Å². The van der Waals surface area contributed by atoms with Gasteiger partial charge in [-0.05, 0) is 48.6 Å². The number of aromatic hydroxyl groups is 1. The highest BCUT2D eigenvalue weighted by Gasteiger charge is 2.11. The van der Waals surface area contributed by atoms with Gasteiger partial charge >= 0.3 is 0 Å². The summed E-state index contributed by atoms with van der Waals surface area (Å²) in [5.74, 6) is 0.188. The molecule has 0 aliphatic heterocycles. The maximum atomic E-state index is 10.5. The third-order valence-electron chi connectivity index (χ3n) is 3.56. The SMILES string of the molecule is Cc1cc2c(C)cccc2c(O)c1N=Nc1ccccc1. The van der Waals surface area contributed by atoms with E-state index in [4.69, 9.17) is 0 Å². The van der Waals surface area contributed by atoms with Gasteiger partial charge in [-0.25, -0.2) is 0 Å². The normalized spacial score (nSPS) is 11.3. The van der Waals surface area contributed by atoms with Crippen molar-refractivity contribution in [1.29, 1.82) is 0 Å². The molecule has 0 fully saturated rings. The summed E-state index contributed by atoms with van der Waals surface area (Å²) in [6, 6.07) is 17.4. The maximum absolute atomic E-state index is 10.5. The summed E-state index contributed by atoms with van der Waals surface area (Å²) in [7, 11) is 0. The van der Waals surface area contributed by atoms with Crippen LogP contribution >= 0.6 is 0 Å². The minimum Gasteiger partial charge on any atom is -0.505 e. The molecule has 0 bridgehead atoms. The highest BCUT2D eigenvalue weighted by Crippen LogP contribution is 2.39. The summed E-state index contributed by atoms with van der Waals surface area (Å²) in [5.41, 5.74) is 3.34. The van der Waals surface area contributed by atoms with Gasteiger partial charge in [-0.1, -0.05) is 36.4 Å². The molecule has 0 saturated carbocycles. The maximum Gasteiger partial charge on any atom is 0.151 e. The van der Waals surface area contributed by atoms with Gasteiger partial charge in [-0.15, -0.1) is 5.11 Å². The van der Waals surface area contributed by atoms with Crippen molar-refractivity contribution in [2.45, 2.75) is 13.8 Å². The van der Waals surface area contributed by atoms with Crippen molar-refractivity contribution in [1.82, 2.24) is 0 Å². The van der Waals surface area contributed by atoms with Gasteiger partial charge in [-0.3, -0.25) is 0 Å². The monoisotopic (exact) mass is 276 g/mol. The van der Waals surface area contributed by atoms with Crippen molar-refractivity contribution < 1.29 is 5.11 Å². The molecule has 1 N–H and O–H groups in total. The summed E-state index contributed by atoms with van der Waals surface area (Å²) in [4.78, 5) is 0. The number of azo groups is 1. The van der Waals surface area contributed by atoms with Crippen LogP contribution in [0, 0.1) is 13.8 Å². The van der Waals surface area contributed by atoms with Crippen molar-refractivity contribution in [3.05, 3.63) is 65.7 Å². The number of aryl methyl sites for hydroxylation is 2. The highest BCUT2D eigenvalue weighted by molar-refractivity contribution is 5.95. The molecule has 0 atom stereocenters. The number of hydrogen-bond donors (Lipinski definition) is 1. The number of hydrogen-bond acceptors (Lipinski definition) is 3. The Morgan fingerprint density at radius 3 is 2.29 bits per heavy atom. The van der Waals surface area contributed by atoms with E-state index in [1.54, 1.807) is 0 Å². The summed E-state index contributed by atoms with van der Waals surface area (Å²) in [6.07, 6.45) is 0. The lowest BCUT2D eigenvalue weighted by atomic mass is 10.0. The van der Waals surface area contributed by atoms with Crippen LogP contribution in [0.4, 0.5) is 11.4 Å². The second-order valence-electron chi connectivity index (χ2n) is 5.10. The van der Waals surface area contributed by atoms with Gasteiger partial charge in [0.05, 0.1) is 5.69 Å². The van der Waals surface area contributed by atoms with Gasteiger partial charge in [0.2, 0.25) is 0 Å². The number of phenolic OH excluding ortho intramolecular Hbond substituents is 1. The summed E-state index contributed by atoms with van der Waals surface area (Å²) in [6.45, 7) is 3.97. The van der Waals surface area contributed by atoms with Crippen LogP contribution in [0.3, 0.4) is 0 Å². The topological polar surface area (TPSA) is 45.0 Å². The fourth-order valence-electron chi connectivity index (χ4n) is 2.41. The molecule has 3 aromatic rings. The first kappa shape index (κ1) is 13.3. The second kappa shape index (κ2) is 5.37. The summed E-state index contributed by atoms with van der Waals surface area (Å²) in [5, 5.41) is 20.8. The molecule has 0 aliphatic carbocycles. The Morgan fingerprint density at radius 2 is 1.52 bits per heavy atom. The lowest BCUT2D eigenvalue weighted by Gasteiger charge is -2.09. The molecule has 0 spiro atoms. The van der Waals surface area contributed by atoms with Crippen LogP contribution in [-0.4, -0.2) is 5.11 Å². The molecule has 0 saturated heterocycles. The number of nitrogens with zero attached hydrogens (tertiary/aromatic N) is 2. The molecule has 0 amide bonds. The van der Waals surface area contributed by atoms with Gasteiger partial charge in [0.25, 0.3) is 0 Å². The quantitative estimate of drug-likeness (QED) is 0.610. The van der Waals surface area contributed by atoms with Crippen LogP contribution < -0.4 is 0 Å². The standard InChI is InChI=1S/C18H16N2O/c1-12-7-6-10-15-16(12)11-13(2)17(18(15)21)20-19-14-8-4-3-5-9-14/h3-11,21H,1-2H3. The lowest BCUT2D eigenvalue weighted by molar-refractivity contribution is 0.482. The van der Waals surface area contributed by atoms with Crippen molar-refractivity contribution in [3.63, 3.8) is 0 Å². The van der Waals surface area contributed by atoms with Crippen molar-refractivity contribution in [2.75, 3.05) is 0 Å². The van der Waals surface area contributed by atoms with Crippen molar-refractivity contribution in [3.8, 4) is 5.75 Å². The van der Waals surface area contributed by atoms with E-state index in [1.807, 2.05) is 68.4 Å². The highest BCUT2D eigenvalue weighted by atomic mass is 16.3. The van der Waals surface area contributed by atoms with Gasteiger partial charge in [0.15, 0.2) is 5.75 Å². The smallest absolute Gasteiger partial charge is 0.151 e. The van der Waals surface area contributed by atoms with Gasteiger partial charge < -0.3 is 5.11 Å². The Balaban J connectivity index is 2.13. The predicted octanol–water partition coefficient (Wildman–Crippen LogP) is 5.58. The average molecular weight is 276 g/mol. The second-order valence-corrected chi connectivity index (χ2v) is 5.10. The molecule has 3 heteroatoms. The van der Waals surface area contributed by atoms with Crippen LogP contribution in [0.25, 0.3) is 10.8 Å². The minimum atomic E-state index is 0.188. The van der Waals surface area contributed by atoms with Gasteiger partial charge in [0, 0.05) is 5.39 Å². The molecule has 0 aliphatic rings. The molecule has 0 heterocycles. The van der Waals surface area contributed by atoms with E-state index in [1.165, 1.54) is 0 Å². The predicted molar refractivity (Wildman–Crippen MR) is 85.7 cm³/mol. The van der Waals surface area contributed by atoms with Gasteiger partial charge in [-0.2, -0.15) is 5.11 Å². The number of phenols is 1. The molecular weight excluding hydrogens is 260 g/mol. The Kier molecular flexibility index (Phi) is 3.40. The molecule has 21 heavy (non-hydrogen) atoms. The van der Waals surface area contributed by atoms with Crippen LogP contribution in [0.1, 0.15) is 11.1 Å². The van der Waals surface area contributed by atoms with E-state index >= 15 is 0 Å². The first-order valence-corrected chi connectivity index (χ1v) is 6.85. The third-order valence-corrected chi connectivity index (χ3v) is 3.56. The Hall–Kier alpha value is -2.68. The third kappa shape index (κ3) is 2.50. The van der Waals surface area contributed by atoms with E-state index in [-0.39, 0.29) is 5.75 Å². The van der Waals surface area contributed by atoms with Crippen LogP contribution in [0.15, 0.2) is 64.8 Å². The molecule has 0 radical (unpaired) electrons. The van der Waals surface area contributed by atoms with E-state index in [9.17, 15) is 5.11 Å². The molecule has 0 unspecified atom stereocenters. The van der Waals surface area contributed by atoms with E-state index in [0.717, 1.165) is 27.6 Å². The van der Waals surface area contributed by atoms with Crippen LogP contribution in [0.5, 0.6) is 5.75 Å². The largest absolute Gasteiger partial charge is 0.505 e. The van der Waals surface area contributed by atoms with Crippen molar-refractivity contribution in [2.24, 2.45) is 10.2 Å². The zero-order valence-corrected chi connectivity index (χ0v) is 12.0. The summed E-state index contributed by atoms with van der Waals surface area (Å²) >= 11 is 0. The summed E-state index contributed by atoms with van der Waals surface area (Å²) < 4.78 is 0. The van der Waals surface area contributed by atoms with E-state index < -0.39 is 0 Å². The zero-order valence-electron chi connectivity index (χ0n) is 12.0. The van der Waals surface area contributed by atoms with Crippen LogP contribution in [-0.2, 0) is 0 Å². The fraction of sp³-hybridized carbons (Fsp3) is 0.111. The number of fused-ring (bicyclic) bond motifs is 1. The number of benzene rings is 3. The van der Waals surface area contributed by atoms with E-state index in [0.29, 0.717) is 5.69 Å². The first-order chi connectivity index (χ1) is 10.2. The molecule has 3 aromatic carbocycles. The lowest BCUT2D eigenvalue weighted by Crippen LogP contribution is -1.83. The molecule has 3 nitrogen and oxygen atoms in total. The van der Waals surface area contributed by atoms with Gasteiger partial charge in [0.1, 0.15) is 5.69 Å².